The summed E-state index contributed by atoms with van der Waals surface area (Å²) in [5, 5.41) is 1.72. The minimum Gasteiger partial charge on any atom is -0.382 e. The molecule has 0 saturated carbocycles. The van der Waals surface area contributed by atoms with Gasteiger partial charge >= 0.3 is 0 Å². The van der Waals surface area contributed by atoms with Gasteiger partial charge in [-0.1, -0.05) is 11.6 Å². The van der Waals surface area contributed by atoms with Crippen molar-refractivity contribution in [2.45, 2.75) is 10.1 Å². The number of nitrogens with two attached hydrogens (primary N) is 1. The van der Waals surface area contributed by atoms with Crippen LogP contribution in [-0.2, 0) is 0 Å². The fourth-order valence-electron chi connectivity index (χ4n) is 0.975. The lowest BCUT2D eigenvalue weighted by molar-refractivity contribution is 1.04. The summed E-state index contributed by atoms with van der Waals surface area (Å²) in [7, 11) is 0. The molecule has 7 heteroatoms. The monoisotopic (exact) mass is 316 g/mol. The Morgan fingerprint density at radius 1 is 1.25 bits per heavy atom. The summed E-state index contributed by atoms with van der Waals surface area (Å²) in [5.41, 5.74) is 5.58. The van der Waals surface area contributed by atoms with E-state index < -0.39 is 0 Å². The molecule has 2 heterocycles. The Morgan fingerprint density at radius 2 is 2.06 bits per heavy atom. The molecule has 16 heavy (non-hydrogen) atoms. The van der Waals surface area contributed by atoms with Crippen LogP contribution in [0.1, 0.15) is 0 Å². The molecular formula is C9H6BrClN4S. The van der Waals surface area contributed by atoms with Crippen LogP contribution in [0.4, 0.5) is 5.82 Å². The summed E-state index contributed by atoms with van der Waals surface area (Å²) in [6.07, 6.45) is 3.08. The van der Waals surface area contributed by atoms with E-state index in [1.54, 1.807) is 6.20 Å². The molecule has 0 atom stereocenters. The molecule has 0 spiro atoms. The van der Waals surface area contributed by atoms with E-state index in [1.807, 2.05) is 12.1 Å². The van der Waals surface area contributed by atoms with Crippen molar-refractivity contribution < 1.29 is 0 Å². The van der Waals surface area contributed by atoms with Gasteiger partial charge < -0.3 is 5.73 Å². The smallest absolute Gasteiger partial charge is 0.146 e. The number of rotatable bonds is 2. The van der Waals surface area contributed by atoms with Crippen molar-refractivity contribution in [1.29, 1.82) is 0 Å². The van der Waals surface area contributed by atoms with Crippen LogP contribution in [0.3, 0.4) is 0 Å². The van der Waals surface area contributed by atoms with Crippen molar-refractivity contribution >= 4 is 45.1 Å². The number of aromatic nitrogens is 3. The topological polar surface area (TPSA) is 64.7 Å². The third-order valence-corrected chi connectivity index (χ3v) is 4.11. The number of hydrogen-bond donors (Lipinski definition) is 1. The van der Waals surface area contributed by atoms with Crippen molar-refractivity contribution in [3.63, 3.8) is 0 Å². The van der Waals surface area contributed by atoms with E-state index in [1.165, 1.54) is 18.1 Å². The molecular weight excluding hydrogens is 312 g/mol. The van der Waals surface area contributed by atoms with E-state index in [0.717, 1.165) is 9.50 Å². The molecule has 0 radical (unpaired) electrons. The molecule has 82 valence electrons. The van der Waals surface area contributed by atoms with Crippen molar-refractivity contribution in [3.8, 4) is 0 Å². The number of pyridine rings is 1. The lowest BCUT2D eigenvalue weighted by Gasteiger charge is -2.04. The highest BCUT2D eigenvalue weighted by Gasteiger charge is 2.10. The molecule has 0 unspecified atom stereocenters. The fraction of sp³-hybridized carbons (Fsp3) is 0. The first kappa shape index (κ1) is 11.6. The third-order valence-electron chi connectivity index (χ3n) is 1.70. The Morgan fingerprint density at radius 3 is 2.81 bits per heavy atom. The van der Waals surface area contributed by atoms with Gasteiger partial charge in [-0.3, -0.25) is 0 Å². The summed E-state index contributed by atoms with van der Waals surface area (Å²) in [4.78, 5) is 12.0. The fourth-order valence-corrected chi connectivity index (χ4v) is 2.44. The molecule has 2 aromatic rings. The van der Waals surface area contributed by atoms with Gasteiger partial charge in [-0.15, -0.1) is 0 Å². The highest BCUT2D eigenvalue weighted by Crippen LogP contribution is 2.35. The maximum Gasteiger partial charge on any atom is 0.146 e. The summed E-state index contributed by atoms with van der Waals surface area (Å²) in [6.45, 7) is 0. The SMILES string of the molecule is Nc1ncnc(Sc2ncccc2Br)c1Cl. The minimum absolute atomic E-state index is 0.270. The summed E-state index contributed by atoms with van der Waals surface area (Å²) >= 11 is 10.7. The zero-order chi connectivity index (χ0) is 11.5. The molecule has 2 N–H and O–H groups in total. The largest absolute Gasteiger partial charge is 0.382 e. The van der Waals surface area contributed by atoms with Gasteiger partial charge in [-0.2, -0.15) is 0 Å². The van der Waals surface area contributed by atoms with Crippen LogP contribution in [0.25, 0.3) is 0 Å². The molecule has 0 bridgehead atoms. The van der Waals surface area contributed by atoms with Crippen LogP contribution in [0, 0.1) is 0 Å². The van der Waals surface area contributed by atoms with Crippen molar-refractivity contribution in [1.82, 2.24) is 15.0 Å². The van der Waals surface area contributed by atoms with E-state index in [-0.39, 0.29) is 5.82 Å². The summed E-state index contributed by atoms with van der Waals surface area (Å²) < 4.78 is 0.883. The third kappa shape index (κ3) is 2.45. The Kier molecular flexibility index (Phi) is 3.63. The minimum atomic E-state index is 0.270. The number of nitrogen functional groups attached to an aromatic ring is 1. The first-order valence-corrected chi connectivity index (χ1v) is 6.21. The predicted molar refractivity (Wildman–Crippen MR) is 67.5 cm³/mol. The second-order valence-electron chi connectivity index (χ2n) is 2.77. The van der Waals surface area contributed by atoms with Crippen LogP contribution in [0.5, 0.6) is 0 Å². The highest BCUT2D eigenvalue weighted by molar-refractivity contribution is 9.10. The van der Waals surface area contributed by atoms with Gasteiger partial charge in [0, 0.05) is 6.20 Å². The molecule has 2 aromatic heterocycles. The molecule has 0 amide bonds. The number of nitrogens with zero attached hydrogens (tertiary/aromatic N) is 3. The van der Waals surface area contributed by atoms with Crippen LogP contribution in [-0.4, -0.2) is 15.0 Å². The van der Waals surface area contributed by atoms with Gasteiger partial charge in [-0.25, -0.2) is 15.0 Å². The van der Waals surface area contributed by atoms with Crippen LogP contribution in [0.15, 0.2) is 39.2 Å². The standard InChI is InChI=1S/C9H6BrClN4S/c10-5-2-1-3-13-8(5)16-9-6(11)7(12)14-4-15-9/h1-4H,(H2,12,14,15). The first-order chi connectivity index (χ1) is 7.68. The Labute approximate surface area is 110 Å². The van der Waals surface area contributed by atoms with Gasteiger partial charge in [0.1, 0.15) is 27.2 Å². The molecule has 0 aliphatic carbocycles. The van der Waals surface area contributed by atoms with Crippen LogP contribution >= 0.6 is 39.3 Å². The average Bonchev–Trinajstić information content (AvgIpc) is 2.28. The van der Waals surface area contributed by atoms with Crippen molar-refractivity contribution in [3.05, 3.63) is 34.2 Å². The molecule has 2 rings (SSSR count). The van der Waals surface area contributed by atoms with Crippen molar-refractivity contribution in [2.24, 2.45) is 0 Å². The number of anilines is 1. The molecule has 0 aliphatic heterocycles. The van der Waals surface area contributed by atoms with Gasteiger partial charge in [0.25, 0.3) is 0 Å². The maximum absolute atomic E-state index is 5.98. The zero-order valence-corrected chi connectivity index (χ0v) is 11.1. The van der Waals surface area contributed by atoms with Gasteiger partial charge in [-0.05, 0) is 39.8 Å². The van der Waals surface area contributed by atoms with Gasteiger partial charge in [0.2, 0.25) is 0 Å². The summed E-state index contributed by atoms with van der Waals surface area (Å²) in [5.74, 6) is 0.270. The van der Waals surface area contributed by atoms with Gasteiger partial charge in [0.15, 0.2) is 0 Å². The molecule has 0 saturated heterocycles. The summed E-state index contributed by atoms with van der Waals surface area (Å²) in [6, 6.07) is 3.73. The molecule has 4 nitrogen and oxygen atoms in total. The first-order valence-electron chi connectivity index (χ1n) is 4.23. The second-order valence-corrected chi connectivity index (χ2v) is 4.98. The maximum atomic E-state index is 5.98. The quantitative estimate of drug-likeness (QED) is 0.863. The zero-order valence-electron chi connectivity index (χ0n) is 7.89. The normalized spacial score (nSPS) is 10.4. The van der Waals surface area contributed by atoms with Gasteiger partial charge in [0.05, 0.1) is 4.47 Å². The Bertz CT molecular complexity index is 523. The van der Waals surface area contributed by atoms with E-state index >= 15 is 0 Å². The van der Waals surface area contributed by atoms with Crippen molar-refractivity contribution in [2.75, 3.05) is 5.73 Å². The Balaban J connectivity index is 2.35. The van der Waals surface area contributed by atoms with Crippen LogP contribution in [0.2, 0.25) is 5.02 Å². The van der Waals surface area contributed by atoms with Crippen LogP contribution < -0.4 is 5.73 Å². The molecule has 0 fully saturated rings. The van der Waals surface area contributed by atoms with E-state index in [9.17, 15) is 0 Å². The average molecular weight is 318 g/mol. The number of hydrogen-bond acceptors (Lipinski definition) is 5. The molecule has 0 aliphatic rings. The Hall–Kier alpha value is -0.850. The van der Waals surface area contributed by atoms with E-state index in [4.69, 9.17) is 17.3 Å². The molecule has 0 aromatic carbocycles. The van der Waals surface area contributed by atoms with E-state index in [2.05, 4.69) is 30.9 Å². The lowest BCUT2D eigenvalue weighted by atomic mass is 10.5. The highest BCUT2D eigenvalue weighted by atomic mass is 79.9. The second kappa shape index (κ2) is 4.99. The predicted octanol–water partition coefficient (Wildman–Crippen LogP) is 3.02. The number of halogens is 2. The lowest BCUT2D eigenvalue weighted by Crippen LogP contribution is -1.94. The van der Waals surface area contributed by atoms with E-state index in [0.29, 0.717) is 10.0 Å².